The van der Waals surface area contributed by atoms with Gasteiger partial charge in [0.1, 0.15) is 5.82 Å². The predicted octanol–water partition coefficient (Wildman–Crippen LogP) is 5.43. The van der Waals surface area contributed by atoms with Crippen LogP contribution in [0.4, 0.5) is 5.69 Å². The van der Waals surface area contributed by atoms with Gasteiger partial charge in [0.25, 0.3) is 0 Å². The van der Waals surface area contributed by atoms with Gasteiger partial charge in [-0.3, -0.25) is 14.5 Å². The van der Waals surface area contributed by atoms with Gasteiger partial charge in [-0.25, -0.2) is 4.98 Å². The third-order valence-electron chi connectivity index (χ3n) is 6.20. The molecule has 164 valence electrons. The van der Waals surface area contributed by atoms with Gasteiger partial charge in [-0.2, -0.15) is 0 Å². The lowest BCUT2D eigenvalue weighted by Crippen LogP contribution is -2.36. The Morgan fingerprint density at radius 1 is 0.970 bits per heavy atom. The smallest absolute Gasteiger partial charge is 0.111 e. The number of rotatable bonds is 3. The van der Waals surface area contributed by atoms with E-state index >= 15 is 0 Å². The average Bonchev–Trinajstić information content (AvgIpc) is 3.20. The Labute approximate surface area is 196 Å². The number of nitrogens with zero attached hydrogens (tertiary/aromatic N) is 5. The van der Waals surface area contributed by atoms with Crippen LogP contribution in [0.5, 0.6) is 0 Å². The zero-order valence-corrected chi connectivity index (χ0v) is 19.0. The molecule has 0 radical (unpaired) electrons. The van der Waals surface area contributed by atoms with Crippen molar-refractivity contribution in [2.75, 3.05) is 31.2 Å². The molecular weight excluding hydrogens is 434 g/mol. The minimum Gasteiger partial charge on any atom is -0.378 e. The molecule has 0 saturated carbocycles. The maximum atomic E-state index is 6.47. The van der Waals surface area contributed by atoms with Crippen LogP contribution in [-0.2, 0) is 4.74 Å². The number of morpholine rings is 1. The third-order valence-corrected chi connectivity index (χ3v) is 6.51. The van der Waals surface area contributed by atoms with E-state index < -0.39 is 0 Å². The molecule has 0 N–H and O–H groups in total. The number of halogens is 1. The highest BCUT2D eigenvalue weighted by atomic mass is 35.5. The first kappa shape index (κ1) is 20.1. The number of aryl methyl sites for hydroxylation is 1. The van der Waals surface area contributed by atoms with Gasteiger partial charge in [-0.1, -0.05) is 29.8 Å². The topological polar surface area (TPSA) is 56.1 Å². The highest BCUT2D eigenvalue weighted by Crippen LogP contribution is 2.36. The molecule has 2 aromatic carbocycles. The summed E-state index contributed by atoms with van der Waals surface area (Å²) in [6.07, 6.45) is 5.50. The van der Waals surface area contributed by atoms with Crippen molar-refractivity contribution < 1.29 is 4.74 Å². The van der Waals surface area contributed by atoms with Crippen LogP contribution in [0.15, 0.2) is 67.1 Å². The van der Waals surface area contributed by atoms with E-state index in [1.807, 2.05) is 43.6 Å². The molecule has 6 nitrogen and oxygen atoms in total. The summed E-state index contributed by atoms with van der Waals surface area (Å²) in [6.45, 7) is 5.22. The van der Waals surface area contributed by atoms with Gasteiger partial charge in [0, 0.05) is 53.9 Å². The maximum Gasteiger partial charge on any atom is 0.111 e. The summed E-state index contributed by atoms with van der Waals surface area (Å²) in [6, 6.07) is 16.4. The van der Waals surface area contributed by atoms with E-state index in [1.54, 1.807) is 6.20 Å². The fraction of sp³-hybridized carbons (Fsp3) is 0.192. The zero-order chi connectivity index (χ0) is 22.4. The van der Waals surface area contributed by atoms with E-state index in [4.69, 9.17) is 21.3 Å². The number of hydrogen-bond acceptors (Lipinski definition) is 5. The van der Waals surface area contributed by atoms with Crippen LogP contribution in [0.3, 0.4) is 0 Å². The molecule has 0 unspecified atom stereocenters. The summed E-state index contributed by atoms with van der Waals surface area (Å²) >= 11 is 6.47. The normalized spacial score (nSPS) is 14.3. The summed E-state index contributed by atoms with van der Waals surface area (Å²) in [7, 11) is 0. The number of anilines is 1. The molecule has 5 aromatic rings. The van der Waals surface area contributed by atoms with E-state index in [2.05, 4.69) is 43.7 Å². The van der Waals surface area contributed by atoms with Gasteiger partial charge < -0.3 is 9.64 Å². The molecule has 1 fully saturated rings. The Bertz CT molecular complexity index is 1480. The van der Waals surface area contributed by atoms with Crippen LogP contribution in [0.1, 0.15) is 5.82 Å². The maximum absolute atomic E-state index is 6.47. The summed E-state index contributed by atoms with van der Waals surface area (Å²) in [5.74, 6) is 0.904. The molecule has 4 heterocycles. The summed E-state index contributed by atoms with van der Waals surface area (Å²) in [4.78, 5) is 16.3. The molecule has 0 atom stereocenters. The van der Waals surface area contributed by atoms with Gasteiger partial charge in [-0.15, -0.1) is 0 Å². The van der Waals surface area contributed by atoms with Crippen molar-refractivity contribution in [2.24, 2.45) is 0 Å². The lowest BCUT2D eigenvalue weighted by molar-refractivity contribution is 0.122. The average molecular weight is 456 g/mol. The van der Waals surface area contributed by atoms with Crippen molar-refractivity contribution >= 4 is 39.2 Å². The lowest BCUT2D eigenvalue weighted by atomic mass is 10.0. The predicted molar refractivity (Wildman–Crippen MR) is 132 cm³/mol. The Hall–Kier alpha value is -3.48. The molecule has 0 amide bonds. The van der Waals surface area contributed by atoms with Crippen molar-refractivity contribution in [1.29, 1.82) is 0 Å². The van der Waals surface area contributed by atoms with E-state index in [0.717, 1.165) is 76.6 Å². The van der Waals surface area contributed by atoms with Crippen LogP contribution in [0.2, 0.25) is 5.02 Å². The zero-order valence-electron chi connectivity index (χ0n) is 18.2. The molecule has 1 saturated heterocycles. The SMILES string of the molecule is Cc1nc2c(-c3cccnc3)cc(N3CCOCC3)cc2n1-c1ccnc2c(Cl)cccc12. The minimum absolute atomic E-state index is 0.640. The first-order valence-corrected chi connectivity index (χ1v) is 11.4. The second kappa shape index (κ2) is 8.14. The number of fused-ring (bicyclic) bond motifs is 2. The molecule has 0 aliphatic carbocycles. The Kier molecular flexibility index (Phi) is 4.97. The number of imidazole rings is 1. The molecule has 1 aliphatic rings. The number of pyridine rings is 2. The number of benzene rings is 2. The van der Waals surface area contributed by atoms with Crippen LogP contribution in [-0.4, -0.2) is 45.8 Å². The fourth-order valence-corrected chi connectivity index (χ4v) is 4.87. The summed E-state index contributed by atoms with van der Waals surface area (Å²) in [5.41, 5.74) is 7.06. The van der Waals surface area contributed by atoms with Gasteiger partial charge in [0.05, 0.1) is 40.5 Å². The second-order valence-corrected chi connectivity index (χ2v) is 8.57. The Morgan fingerprint density at radius 3 is 2.67 bits per heavy atom. The number of aromatic nitrogens is 4. The number of para-hydroxylation sites is 1. The number of ether oxygens (including phenoxy) is 1. The molecule has 33 heavy (non-hydrogen) atoms. The first-order valence-electron chi connectivity index (χ1n) is 11.0. The van der Waals surface area contributed by atoms with Crippen molar-refractivity contribution in [3.05, 3.63) is 78.0 Å². The largest absolute Gasteiger partial charge is 0.378 e. The van der Waals surface area contributed by atoms with E-state index in [0.29, 0.717) is 5.02 Å². The van der Waals surface area contributed by atoms with Gasteiger partial charge >= 0.3 is 0 Å². The van der Waals surface area contributed by atoms with Crippen molar-refractivity contribution in [3.63, 3.8) is 0 Å². The van der Waals surface area contributed by atoms with Crippen LogP contribution >= 0.6 is 11.6 Å². The van der Waals surface area contributed by atoms with Crippen molar-refractivity contribution in [3.8, 4) is 16.8 Å². The van der Waals surface area contributed by atoms with Crippen molar-refractivity contribution in [2.45, 2.75) is 6.92 Å². The van der Waals surface area contributed by atoms with Gasteiger partial charge in [0.2, 0.25) is 0 Å². The fourth-order valence-electron chi connectivity index (χ4n) is 4.65. The first-order chi connectivity index (χ1) is 16.2. The van der Waals surface area contributed by atoms with Crippen LogP contribution < -0.4 is 4.90 Å². The van der Waals surface area contributed by atoms with Gasteiger partial charge in [0.15, 0.2) is 0 Å². The molecule has 3 aromatic heterocycles. The quantitative estimate of drug-likeness (QED) is 0.363. The third kappa shape index (κ3) is 3.43. The number of hydrogen-bond donors (Lipinski definition) is 0. The minimum atomic E-state index is 0.640. The summed E-state index contributed by atoms with van der Waals surface area (Å²) < 4.78 is 7.80. The van der Waals surface area contributed by atoms with Gasteiger partial charge in [-0.05, 0) is 37.3 Å². The van der Waals surface area contributed by atoms with E-state index in [-0.39, 0.29) is 0 Å². The standard InChI is InChI=1S/C26H22ClN5O/c1-17-30-26-21(18-4-3-8-28-16-18)14-19(31-10-12-33-13-11-31)15-24(26)32(17)23-7-9-29-25-20(23)5-2-6-22(25)27/h2-9,14-16H,10-13H2,1H3. The molecule has 6 rings (SSSR count). The highest BCUT2D eigenvalue weighted by Gasteiger charge is 2.20. The monoisotopic (exact) mass is 455 g/mol. The molecule has 7 heteroatoms. The lowest BCUT2D eigenvalue weighted by Gasteiger charge is -2.29. The second-order valence-electron chi connectivity index (χ2n) is 8.16. The Morgan fingerprint density at radius 2 is 1.85 bits per heavy atom. The van der Waals surface area contributed by atoms with Crippen LogP contribution in [0.25, 0.3) is 38.8 Å². The van der Waals surface area contributed by atoms with E-state index in [1.165, 1.54) is 0 Å². The van der Waals surface area contributed by atoms with E-state index in [9.17, 15) is 0 Å². The molecule has 0 spiro atoms. The molecule has 0 bridgehead atoms. The van der Waals surface area contributed by atoms with Crippen LogP contribution in [0, 0.1) is 6.92 Å². The Balaban J connectivity index is 1.66. The molecular formula is C26H22ClN5O. The summed E-state index contributed by atoms with van der Waals surface area (Å²) in [5, 5.41) is 1.63. The van der Waals surface area contributed by atoms with Crippen molar-refractivity contribution in [1.82, 2.24) is 19.5 Å². The highest BCUT2D eigenvalue weighted by molar-refractivity contribution is 6.35. The molecule has 1 aliphatic heterocycles.